The summed E-state index contributed by atoms with van der Waals surface area (Å²) in [4.78, 5) is 10.5. The number of benzene rings is 7. The monoisotopic (exact) mass is 670 g/mol. The zero-order valence-electron chi connectivity index (χ0n) is 27.1. The van der Waals surface area contributed by atoms with Gasteiger partial charge in [0.15, 0.2) is 5.82 Å². The second kappa shape index (κ2) is 11.0. The van der Waals surface area contributed by atoms with Crippen LogP contribution in [0.5, 0.6) is 0 Å². The van der Waals surface area contributed by atoms with Crippen LogP contribution in [0.4, 0.5) is 0 Å². The maximum absolute atomic E-state index is 6.47. The zero-order chi connectivity index (χ0) is 33.5. The van der Waals surface area contributed by atoms with Crippen LogP contribution >= 0.6 is 11.3 Å². The standard InChI is InChI=1S/C46H26N2O2S/c1-2-9-27(10-3-1)28-11-8-12-29(23-28)30-19-22-39-37(24-30)35-21-18-32(26-41(35)50-39)46-47-43(45-44(48-46)36-14-5-7-16-42(36)51-45)31-17-20-34-33-13-4-6-15-38(33)49-40(34)25-31/h1-26H. The van der Waals surface area contributed by atoms with Crippen LogP contribution < -0.4 is 0 Å². The molecule has 0 amide bonds. The van der Waals surface area contributed by atoms with Crippen LogP contribution in [0.3, 0.4) is 0 Å². The van der Waals surface area contributed by atoms with Crippen molar-refractivity contribution >= 4 is 75.5 Å². The Labute approximate surface area is 295 Å². The fourth-order valence-corrected chi connectivity index (χ4v) is 8.55. The summed E-state index contributed by atoms with van der Waals surface area (Å²) in [6, 6.07) is 55.0. The molecule has 0 unspecified atom stereocenters. The van der Waals surface area contributed by atoms with Crippen molar-refractivity contribution < 1.29 is 8.83 Å². The second-order valence-corrected chi connectivity index (χ2v) is 14.0. The lowest BCUT2D eigenvalue weighted by atomic mass is 9.98. The number of furan rings is 2. The highest BCUT2D eigenvalue weighted by Gasteiger charge is 2.19. The molecular formula is C46H26N2O2S. The number of hydrogen-bond acceptors (Lipinski definition) is 5. The van der Waals surface area contributed by atoms with Gasteiger partial charge >= 0.3 is 0 Å². The van der Waals surface area contributed by atoms with Gasteiger partial charge in [-0.25, -0.2) is 9.97 Å². The van der Waals surface area contributed by atoms with E-state index in [1.165, 1.54) is 21.4 Å². The van der Waals surface area contributed by atoms with Crippen LogP contribution in [0.2, 0.25) is 0 Å². The van der Waals surface area contributed by atoms with E-state index in [1.54, 1.807) is 11.3 Å². The van der Waals surface area contributed by atoms with Crippen LogP contribution in [0, 0.1) is 0 Å². The van der Waals surface area contributed by atoms with Gasteiger partial charge in [-0.1, -0.05) is 103 Å². The third-order valence-corrected chi connectivity index (χ3v) is 11.1. The summed E-state index contributed by atoms with van der Waals surface area (Å²) in [5.74, 6) is 0.659. The Kier molecular flexibility index (Phi) is 6.09. The number of aromatic nitrogens is 2. The molecule has 0 aliphatic rings. The van der Waals surface area contributed by atoms with Gasteiger partial charge in [0.05, 0.1) is 15.9 Å². The van der Waals surface area contributed by atoms with Crippen LogP contribution in [-0.4, -0.2) is 9.97 Å². The van der Waals surface area contributed by atoms with Gasteiger partial charge < -0.3 is 8.83 Å². The average Bonchev–Trinajstić information content (AvgIpc) is 3.88. The number of para-hydroxylation sites is 1. The number of fused-ring (bicyclic) bond motifs is 9. The summed E-state index contributed by atoms with van der Waals surface area (Å²) in [6.07, 6.45) is 0. The van der Waals surface area contributed by atoms with Gasteiger partial charge in [0.2, 0.25) is 0 Å². The van der Waals surface area contributed by atoms with Gasteiger partial charge in [-0.2, -0.15) is 0 Å². The molecule has 0 fully saturated rings. The first kappa shape index (κ1) is 28.3. The van der Waals surface area contributed by atoms with E-state index in [1.807, 2.05) is 24.3 Å². The third kappa shape index (κ3) is 4.52. The number of hydrogen-bond donors (Lipinski definition) is 0. The predicted octanol–water partition coefficient (Wildman–Crippen LogP) is 13.3. The lowest BCUT2D eigenvalue weighted by Gasteiger charge is -2.07. The minimum absolute atomic E-state index is 0.659. The minimum atomic E-state index is 0.659. The molecule has 0 spiro atoms. The summed E-state index contributed by atoms with van der Waals surface area (Å²) in [5, 5.41) is 5.48. The summed E-state index contributed by atoms with van der Waals surface area (Å²) < 4.78 is 15.0. The van der Waals surface area contributed by atoms with Crippen LogP contribution in [0.1, 0.15) is 0 Å². The first-order valence-electron chi connectivity index (χ1n) is 17.0. The highest BCUT2D eigenvalue weighted by Crippen LogP contribution is 2.42. The molecule has 238 valence electrons. The fraction of sp³-hybridized carbons (Fsp3) is 0. The van der Waals surface area contributed by atoms with Crippen molar-refractivity contribution in [3.63, 3.8) is 0 Å². The smallest absolute Gasteiger partial charge is 0.160 e. The van der Waals surface area contributed by atoms with Crippen molar-refractivity contribution in [3.05, 3.63) is 158 Å². The van der Waals surface area contributed by atoms with E-state index in [4.69, 9.17) is 18.8 Å². The molecule has 0 aliphatic carbocycles. The number of thiophene rings is 1. The molecule has 11 aromatic rings. The van der Waals surface area contributed by atoms with E-state index >= 15 is 0 Å². The Bertz CT molecular complexity index is 3150. The van der Waals surface area contributed by atoms with Crippen LogP contribution in [0.25, 0.3) is 109 Å². The lowest BCUT2D eigenvalue weighted by molar-refractivity contribution is 0.668. The Morgan fingerprint density at radius 2 is 0.980 bits per heavy atom. The molecule has 7 aromatic carbocycles. The molecule has 4 nitrogen and oxygen atoms in total. The summed E-state index contributed by atoms with van der Waals surface area (Å²) in [6.45, 7) is 0. The molecule has 0 radical (unpaired) electrons. The zero-order valence-corrected chi connectivity index (χ0v) is 27.9. The molecular weight excluding hydrogens is 645 g/mol. The Hall–Kier alpha value is -6.56. The van der Waals surface area contributed by atoms with Gasteiger partial charge in [0, 0.05) is 42.8 Å². The SMILES string of the molecule is c1ccc(-c2cccc(-c3ccc4oc5cc(-c6nc(-c7ccc8c(c7)oc7ccccc78)c7sc8ccccc8c7n6)ccc5c4c3)c2)cc1. The average molecular weight is 671 g/mol. The molecule has 0 aliphatic heterocycles. The molecule has 0 saturated heterocycles. The molecule has 4 aromatic heterocycles. The van der Waals surface area contributed by atoms with Gasteiger partial charge in [0.1, 0.15) is 22.3 Å². The molecule has 11 rings (SSSR count). The van der Waals surface area contributed by atoms with Crippen LogP contribution in [-0.2, 0) is 0 Å². The van der Waals surface area contributed by atoms with Gasteiger partial charge in [-0.15, -0.1) is 11.3 Å². The summed E-state index contributed by atoms with van der Waals surface area (Å²) in [7, 11) is 0. The van der Waals surface area contributed by atoms with E-state index in [9.17, 15) is 0 Å². The summed E-state index contributed by atoms with van der Waals surface area (Å²) >= 11 is 1.73. The van der Waals surface area contributed by atoms with E-state index < -0.39 is 0 Å². The van der Waals surface area contributed by atoms with E-state index in [0.29, 0.717) is 5.82 Å². The highest BCUT2D eigenvalue weighted by molar-refractivity contribution is 7.26. The highest BCUT2D eigenvalue weighted by atomic mass is 32.1. The maximum Gasteiger partial charge on any atom is 0.160 e. The van der Waals surface area contributed by atoms with Crippen molar-refractivity contribution in [1.82, 2.24) is 9.97 Å². The third-order valence-electron chi connectivity index (χ3n) is 9.90. The maximum atomic E-state index is 6.47. The molecule has 51 heavy (non-hydrogen) atoms. The van der Waals surface area contributed by atoms with Crippen molar-refractivity contribution in [2.45, 2.75) is 0 Å². The van der Waals surface area contributed by atoms with E-state index in [-0.39, 0.29) is 0 Å². The van der Waals surface area contributed by atoms with Crippen molar-refractivity contribution in [3.8, 4) is 44.9 Å². The lowest BCUT2D eigenvalue weighted by Crippen LogP contribution is -1.93. The molecule has 4 heterocycles. The Morgan fingerprint density at radius 3 is 1.84 bits per heavy atom. The van der Waals surface area contributed by atoms with Crippen molar-refractivity contribution in [2.24, 2.45) is 0 Å². The Morgan fingerprint density at radius 1 is 0.373 bits per heavy atom. The molecule has 0 atom stereocenters. The first-order chi connectivity index (χ1) is 25.2. The summed E-state index contributed by atoms with van der Waals surface area (Å²) in [5.41, 5.74) is 11.8. The van der Waals surface area contributed by atoms with Crippen molar-refractivity contribution in [2.75, 3.05) is 0 Å². The molecule has 0 saturated carbocycles. The van der Waals surface area contributed by atoms with Gasteiger partial charge in [-0.05, 0) is 76.9 Å². The molecule has 0 bridgehead atoms. The van der Waals surface area contributed by atoms with Crippen molar-refractivity contribution in [1.29, 1.82) is 0 Å². The fourth-order valence-electron chi connectivity index (χ4n) is 7.39. The van der Waals surface area contributed by atoms with Gasteiger partial charge in [-0.3, -0.25) is 0 Å². The quantitative estimate of drug-likeness (QED) is 0.187. The largest absolute Gasteiger partial charge is 0.456 e. The normalized spacial score (nSPS) is 11.9. The topological polar surface area (TPSA) is 52.1 Å². The number of rotatable bonds is 4. The van der Waals surface area contributed by atoms with E-state index in [0.717, 1.165) is 81.9 Å². The minimum Gasteiger partial charge on any atom is -0.456 e. The Balaban J connectivity index is 1.05. The van der Waals surface area contributed by atoms with Gasteiger partial charge in [0.25, 0.3) is 0 Å². The number of nitrogens with zero attached hydrogens (tertiary/aromatic N) is 2. The molecule has 0 N–H and O–H groups in total. The van der Waals surface area contributed by atoms with E-state index in [2.05, 4.69) is 133 Å². The first-order valence-corrected chi connectivity index (χ1v) is 17.8. The second-order valence-electron chi connectivity index (χ2n) is 13.0. The van der Waals surface area contributed by atoms with Crippen LogP contribution in [0.15, 0.2) is 167 Å². The predicted molar refractivity (Wildman–Crippen MR) is 211 cm³/mol. The molecule has 5 heteroatoms.